The van der Waals surface area contributed by atoms with Crippen molar-refractivity contribution < 1.29 is 14.3 Å². The summed E-state index contributed by atoms with van der Waals surface area (Å²) < 4.78 is 5.33. The van der Waals surface area contributed by atoms with Gasteiger partial charge in [0.1, 0.15) is 11.4 Å². The van der Waals surface area contributed by atoms with Crippen LogP contribution < -0.4 is 15.4 Å². The average Bonchev–Trinajstić information content (AvgIpc) is 2.48. The molecule has 5 heteroatoms. The summed E-state index contributed by atoms with van der Waals surface area (Å²) in [5, 5.41) is 5.55. The van der Waals surface area contributed by atoms with Crippen LogP contribution in [0.25, 0.3) is 0 Å². The summed E-state index contributed by atoms with van der Waals surface area (Å²) in [6.07, 6.45) is 0.278. The number of carbonyl (C=O) groups excluding carboxylic acids is 2. The lowest BCUT2D eigenvalue weighted by atomic mass is 10.1. The van der Waals surface area contributed by atoms with E-state index in [-0.39, 0.29) is 24.8 Å². The second-order valence-electron chi connectivity index (χ2n) is 5.23. The van der Waals surface area contributed by atoms with Crippen molar-refractivity contribution in [2.75, 3.05) is 17.2 Å². The Morgan fingerprint density at radius 2 is 2.09 bits per heavy atom. The van der Waals surface area contributed by atoms with Crippen molar-refractivity contribution in [3.8, 4) is 5.75 Å². The van der Waals surface area contributed by atoms with E-state index in [0.717, 1.165) is 11.1 Å². The maximum atomic E-state index is 12.2. The van der Waals surface area contributed by atoms with Crippen molar-refractivity contribution in [3.05, 3.63) is 53.6 Å². The molecule has 2 amide bonds. The van der Waals surface area contributed by atoms with Gasteiger partial charge in [0.15, 0.2) is 6.61 Å². The van der Waals surface area contributed by atoms with E-state index in [1.807, 2.05) is 31.2 Å². The van der Waals surface area contributed by atoms with Crippen molar-refractivity contribution in [1.82, 2.24) is 0 Å². The van der Waals surface area contributed by atoms with Gasteiger partial charge in [-0.1, -0.05) is 35.9 Å². The van der Waals surface area contributed by atoms with Crippen LogP contribution in [-0.4, -0.2) is 18.4 Å². The fourth-order valence-corrected chi connectivity index (χ4v) is 2.41. The monoisotopic (exact) mass is 296 g/mol. The highest BCUT2D eigenvalue weighted by Crippen LogP contribution is 2.34. The number of hydrogen-bond donors (Lipinski definition) is 2. The van der Waals surface area contributed by atoms with Gasteiger partial charge in [0.05, 0.1) is 12.1 Å². The van der Waals surface area contributed by atoms with Gasteiger partial charge < -0.3 is 15.4 Å². The van der Waals surface area contributed by atoms with E-state index in [0.29, 0.717) is 17.1 Å². The van der Waals surface area contributed by atoms with Gasteiger partial charge in [-0.05, 0) is 24.6 Å². The number of benzene rings is 2. The molecular weight excluding hydrogens is 280 g/mol. The minimum atomic E-state index is -0.229. The van der Waals surface area contributed by atoms with Crippen LogP contribution in [0, 0.1) is 6.92 Å². The molecule has 0 unspecified atom stereocenters. The molecule has 0 aromatic heterocycles. The van der Waals surface area contributed by atoms with Gasteiger partial charge >= 0.3 is 0 Å². The Hall–Kier alpha value is -2.82. The molecule has 0 fully saturated rings. The van der Waals surface area contributed by atoms with E-state index in [2.05, 4.69) is 10.6 Å². The molecule has 5 nitrogen and oxygen atoms in total. The quantitative estimate of drug-likeness (QED) is 0.914. The van der Waals surface area contributed by atoms with Crippen LogP contribution in [-0.2, 0) is 16.0 Å². The molecular formula is C17H16N2O3. The second kappa shape index (κ2) is 5.89. The number of amides is 2. The predicted octanol–water partition coefficient (Wildman–Crippen LogP) is 2.51. The molecule has 22 heavy (non-hydrogen) atoms. The first-order chi connectivity index (χ1) is 10.6. The Morgan fingerprint density at radius 1 is 1.27 bits per heavy atom. The molecule has 3 rings (SSSR count). The number of nitrogens with one attached hydrogen (secondary N) is 2. The van der Waals surface area contributed by atoms with Crippen LogP contribution in [0.4, 0.5) is 11.4 Å². The van der Waals surface area contributed by atoms with Gasteiger partial charge in [0.2, 0.25) is 5.91 Å². The summed E-state index contributed by atoms with van der Waals surface area (Å²) in [6.45, 7) is 1.98. The van der Waals surface area contributed by atoms with E-state index in [4.69, 9.17) is 4.74 Å². The summed E-state index contributed by atoms with van der Waals surface area (Å²) >= 11 is 0. The number of aryl methyl sites for hydroxylation is 1. The molecule has 112 valence electrons. The van der Waals surface area contributed by atoms with Crippen molar-refractivity contribution in [3.63, 3.8) is 0 Å². The highest BCUT2D eigenvalue weighted by Gasteiger charge is 2.19. The Bertz CT molecular complexity index is 740. The van der Waals surface area contributed by atoms with Crippen molar-refractivity contribution in [2.24, 2.45) is 0 Å². The summed E-state index contributed by atoms with van der Waals surface area (Å²) in [5.41, 5.74) is 3.12. The average molecular weight is 296 g/mol. The van der Waals surface area contributed by atoms with E-state index in [1.54, 1.807) is 18.2 Å². The fourth-order valence-electron chi connectivity index (χ4n) is 2.41. The SMILES string of the molecule is Cc1cccc(CC(=O)Nc2cccc3c2NC(=O)CO3)c1. The molecule has 0 aliphatic carbocycles. The Balaban J connectivity index is 1.76. The molecule has 2 N–H and O–H groups in total. The van der Waals surface area contributed by atoms with E-state index >= 15 is 0 Å². The number of para-hydroxylation sites is 1. The molecule has 0 radical (unpaired) electrons. The lowest BCUT2D eigenvalue weighted by Crippen LogP contribution is -2.27. The lowest BCUT2D eigenvalue weighted by molar-refractivity contribution is -0.118. The number of ether oxygens (including phenoxy) is 1. The Kier molecular flexibility index (Phi) is 3.78. The third-order valence-electron chi connectivity index (χ3n) is 3.37. The van der Waals surface area contributed by atoms with E-state index in [9.17, 15) is 9.59 Å². The molecule has 1 aliphatic heterocycles. The van der Waals surface area contributed by atoms with Crippen molar-refractivity contribution in [1.29, 1.82) is 0 Å². The fraction of sp³-hybridized carbons (Fsp3) is 0.176. The van der Waals surface area contributed by atoms with Gasteiger partial charge in [0, 0.05) is 0 Å². The molecule has 1 heterocycles. The summed E-state index contributed by atoms with van der Waals surface area (Å²) in [4.78, 5) is 23.6. The van der Waals surface area contributed by atoms with Crippen LogP contribution in [0.3, 0.4) is 0 Å². The van der Waals surface area contributed by atoms with Gasteiger partial charge in [-0.25, -0.2) is 0 Å². The Labute approximate surface area is 128 Å². The first kappa shape index (κ1) is 14.1. The number of anilines is 2. The first-order valence-corrected chi connectivity index (χ1v) is 7.03. The van der Waals surface area contributed by atoms with Gasteiger partial charge in [-0.15, -0.1) is 0 Å². The summed E-state index contributed by atoms with van der Waals surface area (Å²) in [6, 6.07) is 13.1. The Morgan fingerprint density at radius 3 is 2.91 bits per heavy atom. The van der Waals surface area contributed by atoms with Crippen LogP contribution in [0.5, 0.6) is 5.75 Å². The third-order valence-corrected chi connectivity index (χ3v) is 3.37. The van der Waals surface area contributed by atoms with E-state index in [1.165, 1.54) is 0 Å². The summed E-state index contributed by atoms with van der Waals surface area (Å²) in [5.74, 6) is 0.194. The first-order valence-electron chi connectivity index (χ1n) is 7.03. The molecule has 2 aromatic carbocycles. The zero-order valence-corrected chi connectivity index (χ0v) is 12.2. The summed E-state index contributed by atoms with van der Waals surface area (Å²) in [7, 11) is 0. The third kappa shape index (κ3) is 3.09. The number of rotatable bonds is 3. The standard InChI is InChI=1S/C17H16N2O3/c1-11-4-2-5-12(8-11)9-15(20)18-13-6-3-7-14-17(13)19-16(21)10-22-14/h2-8H,9-10H2,1H3,(H,18,20)(H,19,21). The predicted molar refractivity (Wildman–Crippen MR) is 84.1 cm³/mol. The van der Waals surface area contributed by atoms with Gasteiger partial charge in [0.25, 0.3) is 5.91 Å². The van der Waals surface area contributed by atoms with Gasteiger partial charge in [-0.2, -0.15) is 0 Å². The zero-order chi connectivity index (χ0) is 15.5. The second-order valence-corrected chi connectivity index (χ2v) is 5.23. The highest BCUT2D eigenvalue weighted by molar-refractivity contribution is 6.03. The van der Waals surface area contributed by atoms with Crippen LogP contribution in [0.1, 0.15) is 11.1 Å². The highest BCUT2D eigenvalue weighted by atomic mass is 16.5. The normalized spacial score (nSPS) is 12.9. The molecule has 0 spiro atoms. The number of hydrogen-bond acceptors (Lipinski definition) is 3. The molecule has 0 atom stereocenters. The minimum Gasteiger partial charge on any atom is -0.481 e. The van der Waals surface area contributed by atoms with Crippen molar-refractivity contribution >= 4 is 23.2 Å². The van der Waals surface area contributed by atoms with E-state index < -0.39 is 0 Å². The molecule has 1 aliphatic rings. The van der Waals surface area contributed by atoms with Gasteiger partial charge in [-0.3, -0.25) is 9.59 Å². The molecule has 0 saturated heterocycles. The lowest BCUT2D eigenvalue weighted by Gasteiger charge is -2.20. The topological polar surface area (TPSA) is 67.4 Å². The smallest absolute Gasteiger partial charge is 0.262 e. The molecule has 2 aromatic rings. The molecule has 0 bridgehead atoms. The largest absolute Gasteiger partial charge is 0.481 e. The minimum absolute atomic E-state index is 0.00626. The van der Waals surface area contributed by atoms with Crippen LogP contribution in [0.15, 0.2) is 42.5 Å². The maximum absolute atomic E-state index is 12.2. The molecule has 0 saturated carbocycles. The van der Waals surface area contributed by atoms with Crippen molar-refractivity contribution in [2.45, 2.75) is 13.3 Å². The zero-order valence-electron chi connectivity index (χ0n) is 12.2. The maximum Gasteiger partial charge on any atom is 0.262 e. The number of carbonyl (C=O) groups is 2. The number of fused-ring (bicyclic) bond motifs is 1. The van der Waals surface area contributed by atoms with Crippen LogP contribution in [0.2, 0.25) is 0 Å². The van der Waals surface area contributed by atoms with Crippen LogP contribution >= 0.6 is 0 Å².